The van der Waals surface area contributed by atoms with Crippen molar-refractivity contribution in [2.75, 3.05) is 48.8 Å². The first-order valence-corrected chi connectivity index (χ1v) is 15.9. The number of piperidine rings is 1. The van der Waals surface area contributed by atoms with Gasteiger partial charge in [-0.05, 0) is 84.0 Å². The minimum atomic E-state index is -0.627. The Morgan fingerprint density at radius 3 is 2.73 bits per heavy atom. The van der Waals surface area contributed by atoms with E-state index >= 15 is 0 Å². The smallest absolute Gasteiger partial charge is 0.311 e. The summed E-state index contributed by atoms with van der Waals surface area (Å²) in [4.78, 5) is 41.2. The number of benzene rings is 1. The van der Waals surface area contributed by atoms with Crippen molar-refractivity contribution in [1.82, 2.24) is 24.4 Å². The van der Waals surface area contributed by atoms with Crippen LogP contribution in [0.2, 0.25) is 0 Å². The van der Waals surface area contributed by atoms with Crippen LogP contribution in [0.4, 0.5) is 21.6 Å². The van der Waals surface area contributed by atoms with Crippen molar-refractivity contribution < 1.29 is 23.5 Å². The molecule has 4 heterocycles. The third-order valence-electron chi connectivity index (χ3n) is 8.22. The summed E-state index contributed by atoms with van der Waals surface area (Å²) in [7, 11) is 0. The van der Waals surface area contributed by atoms with Gasteiger partial charge >= 0.3 is 5.97 Å². The largest absolute Gasteiger partial charge is 0.464 e. The maximum atomic E-state index is 14.4. The minimum Gasteiger partial charge on any atom is -0.464 e. The monoisotopic (exact) mass is 624 g/mol. The van der Waals surface area contributed by atoms with E-state index in [0.717, 1.165) is 38.6 Å². The number of esters is 1. The number of likely N-dealkylation sites (tertiary alicyclic amines) is 1. The summed E-state index contributed by atoms with van der Waals surface area (Å²) in [6.45, 7) is 10.7. The molecule has 0 saturated carbocycles. The SMILES string of the molecule is CCC(Nc1ncnc2c1ncn2C1CCCCO1)C(=O)Nc1ccc(F)cc1NC1CCCN(CCOC(=O)C(C)(C)C)C1. The Kier molecular flexibility index (Phi) is 10.5. The topological polar surface area (TPSA) is 136 Å². The zero-order chi connectivity index (χ0) is 32.0. The van der Waals surface area contributed by atoms with Crippen molar-refractivity contribution >= 4 is 40.2 Å². The summed E-state index contributed by atoms with van der Waals surface area (Å²) in [5.41, 5.74) is 1.68. The predicted molar refractivity (Wildman–Crippen MR) is 170 cm³/mol. The van der Waals surface area contributed by atoms with E-state index in [4.69, 9.17) is 9.47 Å². The maximum Gasteiger partial charge on any atom is 0.311 e. The Morgan fingerprint density at radius 1 is 1.13 bits per heavy atom. The van der Waals surface area contributed by atoms with E-state index in [-0.39, 0.29) is 24.1 Å². The van der Waals surface area contributed by atoms with Gasteiger partial charge in [0.05, 0.1) is 23.1 Å². The zero-order valence-corrected chi connectivity index (χ0v) is 26.6. The molecule has 0 radical (unpaired) electrons. The molecule has 3 unspecified atom stereocenters. The van der Waals surface area contributed by atoms with Crippen molar-refractivity contribution in [3.63, 3.8) is 0 Å². The number of aromatic nitrogens is 4. The summed E-state index contributed by atoms with van der Waals surface area (Å²) >= 11 is 0. The fourth-order valence-corrected chi connectivity index (χ4v) is 5.67. The second kappa shape index (κ2) is 14.5. The summed E-state index contributed by atoms with van der Waals surface area (Å²) in [6.07, 6.45) is 8.37. The lowest BCUT2D eigenvalue weighted by molar-refractivity contribution is -0.153. The van der Waals surface area contributed by atoms with E-state index in [9.17, 15) is 14.0 Å². The van der Waals surface area contributed by atoms with Crippen LogP contribution >= 0.6 is 0 Å². The first-order valence-electron chi connectivity index (χ1n) is 15.9. The lowest BCUT2D eigenvalue weighted by atomic mass is 9.97. The number of carbonyl (C=O) groups excluding carboxylic acids is 2. The first-order chi connectivity index (χ1) is 21.6. The highest BCUT2D eigenvalue weighted by atomic mass is 19.1. The Morgan fingerprint density at radius 2 is 1.98 bits per heavy atom. The summed E-state index contributed by atoms with van der Waals surface area (Å²) in [6, 6.07) is 3.72. The minimum absolute atomic E-state index is 0.0344. The maximum absolute atomic E-state index is 14.4. The van der Waals surface area contributed by atoms with E-state index in [0.29, 0.717) is 61.1 Å². The molecule has 244 valence electrons. The van der Waals surface area contributed by atoms with Crippen LogP contribution in [-0.4, -0.2) is 81.2 Å². The van der Waals surface area contributed by atoms with Gasteiger partial charge in [0, 0.05) is 25.7 Å². The molecule has 3 aromatic rings. The molecular weight excluding hydrogens is 579 g/mol. The molecule has 2 saturated heterocycles. The number of anilines is 3. The second-order valence-corrected chi connectivity index (χ2v) is 12.8. The molecule has 2 fully saturated rings. The van der Waals surface area contributed by atoms with Crippen LogP contribution < -0.4 is 16.0 Å². The number of nitrogens with one attached hydrogen (secondary N) is 3. The molecular formula is C32H45FN8O4. The Bertz CT molecular complexity index is 1470. The number of halogens is 1. The van der Waals surface area contributed by atoms with E-state index in [1.165, 1.54) is 18.5 Å². The molecule has 2 aliphatic rings. The first kappa shape index (κ1) is 32.6. The fraction of sp³-hybridized carbons (Fsp3) is 0.594. The van der Waals surface area contributed by atoms with Crippen LogP contribution in [0.25, 0.3) is 11.2 Å². The van der Waals surface area contributed by atoms with Gasteiger partial charge in [-0.3, -0.25) is 19.1 Å². The molecule has 45 heavy (non-hydrogen) atoms. The molecule has 12 nitrogen and oxygen atoms in total. The van der Waals surface area contributed by atoms with E-state index in [1.54, 1.807) is 12.4 Å². The molecule has 2 aliphatic heterocycles. The number of imidazole rings is 1. The number of ether oxygens (including phenoxy) is 2. The molecule has 3 atom stereocenters. The highest BCUT2D eigenvalue weighted by Gasteiger charge is 2.26. The van der Waals surface area contributed by atoms with E-state index in [2.05, 4.69) is 35.8 Å². The summed E-state index contributed by atoms with van der Waals surface area (Å²) in [5, 5.41) is 9.67. The standard InChI is InChI=1S/C32H45FN8O4/c1-5-23(38-28-27-29(35-19-34-28)41(20-36-27)26-10-6-7-15-44-26)30(42)39-24-12-11-21(33)17-25(24)37-22-9-8-13-40(18-22)14-16-45-31(43)32(2,3)4/h11-12,17,19-20,22-23,26,37H,5-10,13-16,18H2,1-4H3,(H,39,42)(H,34,35,38). The highest BCUT2D eigenvalue weighted by Crippen LogP contribution is 2.29. The summed E-state index contributed by atoms with van der Waals surface area (Å²) in [5.74, 6) is -0.435. The van der Waals surface area contributed by atoms with Crippen LogP contribution in [0.3, 0.4) is 0 Å². The molecule has 0 aliphatic carbocycles. The Labute approximate surface area is 263 Å². The van der Waals surface area contributed by atoms with Crippen LogP contribution in [0, 0.1) is 11.2 Å². The van der Waals surface area contributed by atoms with Crippen molar-refractivity contribution in [3.05, 3.63) is 36.7 Å². The molecule has 13 heteroatoms. The molecule has 1 aromatic carbocycles. The lowest BCUT2D eigenvalue weighted by Gasteiger charge is -2.34. The van der Waals surface area contributed by atoms with Gasteiger partial charge in [-0.1, -0.05) is 6.92 Å². The normalized spacial score (nSPS) is 20.0. The van der Waals surface area contributed by atoms with Gasteiger partial charge in [-0.15, -0.1) is 0 Å². The quantitative estimate of drug-likeness (QED) is 0.251. The fourth-order valence-electron chi connectivity index (χ4n) is 5.67. The third-order valence-corrected chi connectivity index (χ3v) is 8.22. The Balaban J connectivity index is 1.22. The van der Waals surface area contributed by atoms with E-state index < -0.39 is 17.3 Å². The molecule has 0 spiro atoms. The number of hydrogen-bond donors (Lipinski definition) is 3. The number of nitrogens with zero attached hydrogens (tertiary/aromatic N) is 5. The number of amides is 1. The van der Waals surface area contributed by atoms with Crippen LogP contribution in [0.15, 0.2) is 30.9 Å². The second-order valence-electron chi connectivity index (χ2n) is 12.8. The van der Waals surface area contributed by atoms with Crippen LogP contribution in [0.5, 0.6) is 0 Å². The predicted octanol–water partition coefficient (Wildman–Crippen LogP) is 4.96. The molecule has 5 rings (SSSR count). The lowest BCUT2D eigenvalue weighted by Crippen LogP contribution is -2.44. The average molecular weight is 625 g/mol. The Hall–Kier alpha value is -3.84. The van der Waals surface area contributed by atoms with Gasteiger partial charge in [0.15, 0.2) is 17.0 Å². The number of hydrogen-bond acceptors (Lipinski definition) is 10. The zero-order valence-electron chi connectivity index (χ0n) is 26.6. The van der Waals surface area contributed by atoms with Crippen molar-refractivity contribution in [3.8, 4) is 0 Å². The van der Waals surface area contributed by atoms with Crippen molar-refractivity contribution in [2.24, 2.45) is 5.41 Å². The van der Waals surface area contributed by atoms with Crippen LogP contribution in [-0.2, 0) is 19.1 Å². The van der Waals surface area contributed by atoms with Crippen molar-refractivity contribution in [2.45, 2.75) is 84.5 Å². The number of fused-ring (bicyclic) bond motifs is 1. The van der Waals surface area contributed by atoms with Gasteiger partial charge in [0.25, 0.3) is 0 Å². The average Bonchev–Trinajstić information content (AvgIpc) is 3.46. The highest BCUT2D eigenvalue weighted by molar-refractivity contribution is 5.99. The molecule has 1 amide bonds. The van der Waals surface area contributed by atoms with Crippen molar-refractivity contribution in [1.29, 1.82) is 0 Å². The number of carbonyl (C=O) groups is 2. The van der Waals surface area contributed by atoms with Gasteiger partial charge < -0.3 is 25.4 Å². The molecule has 3 N–H and O–H groups in total. The van der Waals surface area contributed by atoms with E-state index in [1.807, 2.05) is 32.3 Å². The number of rotatable bonds is 11. The van der Waals surface area contributed by atoms with Gasteiger partial charge in [0.2, 0.25) is 5.91 Å². The van der Waals surface area contributed by atoms with Gasteiger partial charge in [0.1, 0.15) is 31.0 Å². The molecule has 2 aromatic heterocycles. The van der Waals surface area contributed by atoms with Gasteiger partial charge in [-0.2, -0.15) is 0 Å². The van der Waals surface area contributed by atoms with Crippen LogP contribution in [0.1, 0.15) is 72.4 Å². The summed E-state index contributed by atoms with van der Waals surface area (Å²) < 4.78 is 27.7. The molecule has 0 bridgehead atoms. The van der Waals surface area contributed by atoms with Gasteiger partial charge in [-0.25, -0.2) is 19.3 Å². The third kappa shape index (κ3) is 8.26.